The molecule has 0 radical (unpaired) electrons. The third-order valence-electron chi connectivity index (χ3n) is 2.81. The Labute approximate surface area is 105 Å². The van der Waals surface area contributed by atoms with E-state index in [2.05, 4.69) is 5.32 Å². The first kappa shape index (κ1) is 12.6. The summed E-state index contributed by atoms with van der Waals surface area (Å²) >= 11 is 0. The highest BCUT2D eigenvalue weighted by Crippen LogP contribution is 2.19. The molecular weight excluding hydrogens is 232 g/mol. The minimum Gasteiger partial charge on any atom is -0.379 e. The van der Waals surface area contributed by atoms with Gasteiger partial charge in [0.1, 0.15) is 11.6 Å². The SMILES string of the molecule is Cc1cccc(CNc2cc(F)c(C)cc2F)c1. The van der Waals surface area contributed by atoms with Gasteiger partial charge in [-0.3, -0.25) is 0 Å². The van der Waals surface area contributed by atoms with E-state index in [1.165, 1.54) is 12.1 Å². The van der Waals surface area contributed by atoms with E-state index in [9.17, 15) is 8.78 Å². The molecule has 94 valence electrons. The van der Waals surface area contributed by atoms with Gasteiger partial charge in [0.05, 0.1) is 5.69 Å². The Kier molecular flexibility index (Phi) is 3.60. The fourth-order valence-electron chi connectivity index (χ4n) is 1.80. The largest absolute Gasteiger partial charge is 0.379 e. The molecule has 0 fully saturated rings. The topological polar surface area (TPSA) is 12.0 Å². The van der Waals surface area contributed by atoms with Crippen molar-refractivity contribution in [3.8, 4) is 0 Å². The molecule has 0 aromatic heterocycles. The van der Waals surface area contributed by atoms with Crippen LogP contribution in [0.3, 0.4) is 0 Å². The summed E-state index contributed by atoms with van der Waals surface area (Å²) in [7, 11) is 0. The highest BCUT2D eigenvalue weighted by molar-refractivity contribution is 5.47. The van der Waals surface area contributed by atoms with Gasteiger partial charge in [0.15, 0.2) is 0 Å². The van der Waals surface area contributed by atoms with Crippen LogP contribution in [0, 0.1) is 25.5 Å². The van der Waals surface area contributed by atoms with Gasteiger partial charge in [-0.1, -0.05) is 29.8 Å². The van der Waals surface area contributed by atoms with Gasteiger partial charge in [0, 0.05) is 12.6 Å². The predicted octanol–water partition coefficient (Wildman–Crippen LogP) is 4.19. The van der Waals surface area contributed by atoms with Crippen LogP contribution >= 0.6 is 0 Å². The molecule has 0 unspecified atom stereocenters. The van der Waals surface area contributed by atoms with Crippen LogP contribution in [0.15, 0.2) is 36.4 Å². The summed E-state index contributed by atoms with van der Waals surface area (Å²) in [6.45, 7) is 4.01. The van der Waals surface area contributed by atoms with Crippen LogP contribution in [-0.2, 0) is 6.54 Å². The number of benzene rings is 2. The molecule has 1 N–H and O–H groups in total. The lowest BCUT2D eigenvalue weighted by Gasteiger charge is -2.09. The molecule has 1 nitrogen and oxygen atoms in total. The molecule has 0 amide bonds. The van der Waals surface area contributed by atoms with Crippen LogP contribution < -0.4 is 5.32 Å². The van der Waals surface area contributed by atoms with Crippen LogP contribution in [0.25, 0.3) is 0 Å². The second-order valence-corrected chi connectivity index (χ2v) is 4.42. The lowest BCUT2D eigenvalue weighted by molar-refractivity contribution is 0.594. The van der Waals surface area contributed by atoms with Crippen molar-refractivity contribution in [1.82, 2.24) is 0 Å². The minimum atomic E-state index is -0.429. The Morgan fingerprint density at radius 2 is 1.78 bits per heavy atom. The maximum atomic E-state index is 13.6. The van der Waals surface area contributed by atoms with Gasteiger partial charge in [0.25, 0.3) is 0 Å². The second kappa shape index (κ2) is 5.17. The standard InChI is InChI=1S/C15H15F2N/c1-10-4-3-5-12(6-10)9-18-15-8-13(16)11(2)7-14(15)17/h3-8,18H,9H2,1-2H3. The van der Waals surface area contributed by atoms with Crippen molar-refractivity contribution >= 4 is 5.69 Å². The molecular formula is C15H15F2N. The molecule has 0 saturated heterocycles. The highest BCUT2D eigenvalue weighted by Gasteiger charge is 2.06. The Morgan fingerprint density at radius 3 is 2.50 bits per heavy atom. The lowest BCUT2D eigenvalue weighted by atomic mass is 10.1. The first-order chi connectivity index (χ1) is 8.56. The molecule has 0 aliphatic carbocycles. The summed E-state index contributed by atoms with van der Waals surface area (Å²) < 4.78 is 26.9. The monoisotopic (exact) mass is 247 g/mol. The Balaban J connectivity index is 2.13. The molecule has 2 rings (SSSR count). The normalized spacial score (nSPS) is 10.4. The Morgan fingerprint density at radius 1 is 1.00 bits per heavy atom. The number of hydrogen-bond donors (Lipinski definition) is 1. The van der Waals surface area contributed by atoms with E-state index in [0.717, 1.165) is 11.1 Å². The van der Waals surface area contributed by atoms with E-state index in [1.807, 2.05) is 31.2 Å². The van der Waals surface area contributed by atoms with Gasteiger partial charge in [-0.05, 0) is 31.0 Å². The van der Waals surface area contributed by atoms with Crippen LogP contribution in [0.1, 0.15) is 16.7 Å². The molecule has 2 aromatic carbocycles. The van der Waals surface area contributed by atoms with Crippen molar-refractivity contribution in [1.29, 1.82) is 0 Å². The van der Waals surface area contributed by atoms with Crippen LogP contribution in [-0.4, -0.2) is 0 Å². The summed E-state index contributed by atoms with van der Waals surface area (Å²) in [6, 6.07) is 10.3. The molecule has 0 atom stereocenters. The molecule has 0 saturated carbocycles. The minimum absolute atomic E-state index is 0.194. The highest BCUT2D eigenvalue weighted by atomic mass is 19.1. The van der Waals surface area contributed by atoms with E-state index in [4.69, 9.17) is 0 Å². The molecule has 0 heterocycles. The second-order valence-electron chi connectivity index (χ2n) is 4.42. The van der Waals surface area contributed by atoms with Crippen molar-refractivity contribution < 1.29 is 8.78 Å². The smallest absolute Gasteiger partial charge is 0.146 e. The summed E-state index contributed by atoms with van der Waals surface area (Å²) in [5, 5.41) is 2.91. The molecule has 0 bridgehead atoms. The molecule has 18 heavy (non-hydrogen) atoms. The van der Waals surface area contributed by atoms with Gasteiger partial charge >= 0.3 is 0 Å². The number of nitrogens with one attached hydrogen (secondary N) is 1. The maximum absolute atomic E-state index is 13.6. The Bertz CT molecular complexity index is 564. The summed E-state index contributed by atoms with van der Waals surface area (Å²) in [6.07, 6.45) is 0. The van der Waals surface area contributed by atoms with E-state index in [-0.39, 0.29) is 5.69 Å². The number of aryl methyl sites for hydroxylation is 2. The molecule has 0 aliphatic heterocycles. The van der Waals surface area contributed by atoms with Gasteiger partial charge in [0.2, 0.25) is 0 Å². The molecule has 0 spiro atoms. The first-order valence-electron chi connectivity index (χ1n) is 5.81. The molecule has 0 aliphatic rings. The predicted molar refractivity (Wildman–Crippen MR) is 69.6 cm³/mol. The summed E-state index contributed by atoms with van der Waals surface area (Å²) in [4.78, 5) is 0. The van der Waals surface area contributed by atoms with Crippen LogP contribution in [0.2, 0.25) is 0 Å². The zero-order valence-electron chi connectivity index (χ0n) is 10.4. The van der Waals surface area contributed by atoms with E-state index in [1.54, 1.807) is 6.92 Å². The van der Waals surface area contributed by atoms with E-state index < -0.39 is 11.6 Å². The maximum Gasteiger partial charge on any atom is 0.146 e. The first-order valence-corrected chi connectivity index (χ1v) is 5.81. The van der Waals surface area contributed by atoms with Gasteiger partial charge < -0.3 is 5.32 Å². The van der Waals surface area contributed by atoms with Crippen LogP contribution in [0.5, 0.6) is 0 Å². The number of halogens is 2. The van der Waals surface area contributed by atoms with Crippen molar-refractivity contribution in [2.75, 3.05) is 5.32 Å². The fourth-order valence-corrected chi connectivity index (χ4v) is 1.80. The van der Waals surface area contributed by atoms with E-state index >= 15 is 0 Å². The molecule has 3 heteroatoms. The van der Waals surface area contributed by atoms with Crippen molar-refractivity contribution in [3.05, 3.63) is 64.7 Å². The van der Waals surface area contributed by atoms with Gasteiger partial charge in [-0.15, -0.1) is 0 Å². The van der Waals surface area contributed by atoms with Gasteiger partial charge in [-0.2, -0.15) is 0 Å². The zero-order chi connectivity index (χ0) is 13.1. The molecule has 2 aromatic rings. The average Bonchev–Trinajstić information content (AvgIpc) is 2.32. The lowest BCUT2D eigenvalue weighted by Crippen LogP contribution is -2.03. The fraction of sp³-hybridized carbons (Fsp3) is 0.200. The van der Waals surface area contributed by atoms with Crippen LogP contribution in [0.4, 0.5) is 14.5 Å². The number of rotatable bonds is 3. The zero-order valence-corrected chi connectivity index (χ0v) is 10.4. The van der Waals surface area contributed by atoms with Crippen molar-refractivity contribution in [2.24, 2.45) is 0 Å². The quantitative estimate of drug-likeness (QED) is 0.857. The number of anilines is 1. The summed E-state index contributed by atoms with van der Waals surface area (Å²) in [5.41, 5.74) is 2.69. The Hall–Kier alpha value is -1.90. The van der Waals surface area contributed by atoms with Gasteiger partial charge in [-0.25, -0.2) is 8.78 Å². The average molecular weight is 247 g/mol. The van der Waals surface area contributed by atoms with E-state index in [0.29, 0.717) is 12.1 Å². The van der Waals surface area contributed by atoms with Crippen molar-refractivity contribution in [2.45, 2.75) is 20.4 Å². The number of hydrogen-bond acceptors (Lipinski definition) is 1. The van der Waals surface area contributed by atoms with Crippen molar-refractivity contribution in [3.63, 3.8) is 0 Å². The third kappa shape index (κ3) is 2.86. The third-order valence-corrected chi connectivity index (χ3v) is 2.81. The summed E-state index contributed by atoms with van der Waals surface area (Å²) in [5.74, 6) is -0.829.